The first-order valence-electron chi connectivity index (χ1n) is 10.8. The Labute approximate surface area is 175 Å². The summed E-state index contributed by atoms with van der Waals surface area (Å²) in [6.07, 6.45) is 7.03. The lowest BCUT2D eigenvalue weighted by atomic mass is 10.4. The average molecular weight is 475 g/mol. The molecule has 0 atom stereocenters. The minimum absolute atomic E-state index is 0.241. The first-order valence-corrected chi connectivity index (χ1v) is 20.3. The molecule has 6 nitrogen and oxygen atoms in total. The molecular weight excluding hydrogens is 432 g/mol. The second kappa shape index (κ2) is 12.8. The van der Waals surface area contributed by atoms with E-state index in [1.165, 1.54) is 0 Å². The molecule has 0 bridgehead atoms. The first kappa shape index (κ1) is 28.3. The summed E-state index contributed by atoms with van der Waals surface area (Å²) in [4.78, 5) is 0. The highest BCUT2D eigenvalue weighted by atomic mass is 32.2. The predicted molar refractivity (Wildman–Crippen MR) is 123 cm³/mol. The van der Waals surface area contributed by atoms with Crippen LogP contribution in [0, 0.1) is 0 Å². The first-order chi connectivity index (χ1) is 12.9. The van der Waals surface area contributed by atoms with Crippen LogP contribution in [0.4, 0.5) is 0 Å². The van der Waals surface area contributed by atoms with E-state index in [2.05, 4.69) is 27.7 Å². The minimum Gasteiger partial charge on any atom is -0.286 e. The van der Waals surface area contributed by atoms with Crippen molar-refractivity contribution < 1.29 is 25.9 Å². The molecule has 0 rings (SSSR count). The zero-order valence-electron chi connectivity index (χ0n) is 18.2. The van der Waals surface area contributed by atoms with Gasteiger partial charge in [-0.05, 0) is 0 Å². The molecule has 170 valence electrons. The van der Waals surface area contributed by atoms with E-state index in [9.17, 15) is 25.9 Å². The Hall–Kier alpha value is 0.254. The zero-order valence-corrected chi connectivity index (χ0v) is 21.9. The molecule has 0 fully saturated rings. The van der Waals surface area contributed by atoms with E-state index in [4.69, 9.17) is 0 Å². The van der Waals surface area contributed by atoms with Gasteiger partial charge in [-0.15, -0.1) is 0 Å². The van der Waals surface area contributed by atoms with Crippen molar-refractivity contribution >= 4 is 35.4 Å². The van der Waals surface area contributed by atoms with Crippen LogP contribution in [-0.2, 0) is 20.2 Å². The predicted octanol–water partition coefficient (Wildman–Crippen LogP) is 5.02. The fourth-order valence-electron chi connectivity index (χ4n) is 4.66. The molecule has 0 aliphatic carbocycles. The third-order valence-electron chi connectivity index (χ3n) is 6.08. The number of rotatable bonds is 17. The Bertz CT molecular complexity index is 562. The van der Waals surface area contributed by atoms with Crippen LogP contribution in [0.15, 0.2) is 0 Å². The normalized spacial score (nSPS) is 13.8. The Morgan fingerprint density at radius 1 is 0.536 bits per heavy atom. The molecule has 0 spiro atoms. The smallest absolute Gasteiger partial charge is 0.262 e. The maximum Gasteiger partial charge on any atom is 0.262 e. The van der Waals surface area contributed by atoms with E-state index >= 15 is 0 Å². The van der Waals surface area contributed by atoms with Gasteiger partial charge in [0.2, 0.25) is 0 Å². The van der Waals surface area contributed by atoms with Gasteiger partial charge in [0.15, 0.2) is 0 Å². The van der Waals surface area contributed by atoms with Gasteiger partial charge in [0.1, 0.15) is 0 Å². The molecule has 0 heterocycles. The summed E-state index contributed by atoms with van der Waals surface area (Å²) < 4.78 is 68.3. The molecule has 2 N–H and O–H groups in total. The van der Waals surface area contributed by atoms with Gasteiger partial charge in [-0.3, -0.25) is 9.11 Å². The molecule has 0 aliphatic rings. The lowest BCUT2D eigenvalue weighted by molar-refractivity contribution is 0.484. The van der Waals surface area contributed by atoms with Gasteiger partial charge in [0.25, 0.3) is 20.2 Å². The molecule has 0 radical (unpaired) electrons. The lowest BCUT2D eigenvalue weighted by Gasteiger charge is -2.48. The zero-order chi connectivity index (χ0) is 21.9. The number of hydrogen-bond acceptors (Lipinski definition) is 4. The van der Waals surface area contributed by atoms with Gasteiger partial charge in [0.05, 0.1) is 25.9 Å². The maximum absolute atomic E-state index is 12.1. The van der Waals surface area contributed by atoms with Crippen molar-refractivity contribution in [2.24, 2.45) is 0 Å². The highest BCUT2D eigenvalue weighted by Crippen LogP contribution is 2.40. The van der Waals surface area contributed by atoms with Crippen LogP contribution in [0.5, 0.6) is 0 Å². The van der Waals surface area contributed by atoms with E-state index < -0.39 is 35.4 Å². The summed E-state index contributed by atoms with van der Waals surface area (Å²) in [5.41, 5.74) is 0. The Balaban J connectivity index is 6.65. The van der Waals surface area contributed by atoms with Crippen LogP contribution in [-0.4, -0.2) is 51.9 Å². The van der Waals surface area contributed by atoms with Crippen molar-refractivity contribution in [3.63, 3.8) is 0 Å². The van der Waals surface area contributed by atoms with Crippen LogP contribution in [0.25, 0.3) is 0 Å². The fourth-order valence-corrected chi connectivity index (χ4v) is 39.0. The minimum atomic E-state index is -4.21. The van der Waals surface area contributed by atoms with Crippen LogP contribution in [0.2, 0.25) is 24.2 Å². The van der Waals surface area contributed by atoms with Crippen LogP contribution in [0.3, 0.4) is 0 Å². The molecule has 0 saturated heterocycles. The SMILES string of the molecule is CCCC[Si](CCCC)(CS(=O)(=O)O)[Si](CCCC)(CCCC)CS(=O)(=O)O. The van der Waals surface area contributed by atoms with Crippen LogP contribution >= 0.6 is 0 Å². The molecule has 28 heavy (non-hydrogen) atoms. The van der Waals surface area contributed by atoms with Gasteiger partial charge >= 0.3 is 0 Å². The summed E-state index contributed by atoms with van der Waals surface area (Å²) in [5, 5.41) is -0.482. The third kappa shape index (κ3) is 9.84. The van der Waals surface area contributed by atoms with Crippen molar-refractivity contribution in [3.8, 4) is 0 Å². The molecule has 0 aliphatic heterocycles. The highest BCUT2D eigenvalue weighted by molar-refractivity contribution is 7.91. The van der Waals surface area contributed by atoms with Gasteiger partial charge < -0.3 is 0 Å². The van der Waals surface area contributed by atoms with Gasteiger partial charge in [-0.1, -0.05) is 103 Å². The van der Waals surface area contributed by atoms with Crippen LogP contribution < -0.4 is 0 Å². The monoisotopic (exact) mass is 474 g/mol. The summed E-state index contributed by atoms with van der Waals surface area (Å²) >= 11 is 0. The van der Waals surface area contributed by atoms with Crippen molar-refractivity contribution in [2.75, 3.05) is 10.8 Å². The number of hydrogen-bond donors (Lipinski definition) is 2. The molecule has 0 aromatic heterocycles. The standard InChI is InChI=1S/C18H42O6S2Si2/c1-5-9-13-27(14-10-6-2,17-25(19,20)21)28(15-11-7-3,16-12-8-4)18-26(22,23)24/h5-18H2,1-4H3,(H,19,20,21)(H,22,23,24). The molecule has 0 aromatic carbocycles. The van der Waals surface area contributed by atoms with Crippen LogP contribution in [0.1, 0.15) is 79.1 Å². The van der Waals surface area contributed by atoms with Gasteiger partial charge in [-0.2, -0.15) is 16.8 Å². The third-order valence-corrected chi connectivity index (χ3v) is 33.3. The van der Waals surface area contributed by atoms with Crippen molar-refractivity contribution in [1.29, 1.82) is 0 Å². The molecule has 0 aromatic rings. The summed E-state index contributed by atoms with van der Waals surface area (Å²) in [6.45, 7) is 8.21. The van der Waals surface area contributed by atoms with Gasteiger partial charge in [-0.25, -0.2) is 0 Å². The topological polar surface area (TPSA) is 109 Å². The average Bonchev–Trinajstić information content (AvgIpc) is 2.57. The quantitative estimate of drug-likeness (QED) is 0.226. The molecule has 0 saturated carbocycles. The molecule has 0 amide bonds. The molecular formula is C18H42O6S2Si2. The van der Waals surface area contributed by atoms with Gasteiger partial charge in [0, 0.05) is 0 Å². The lowest BCUT2D eigenvalue weighted by Crippen LogP contribution is -2.69. The van der Waals surface area contributed by atoms with E-state index in [-0.39, 0.29) is 10.8 Å². The second-order valence-electron chi connectivity index (χ2n) is 8.43. The van der Waals surface area contributed by atoms with E-state index in [1.807, 2.05) is 0 Å². The summed E-state index contributed by atoms with van der Waals surface area (Å²) in [6, 6.07) is 2.94. The number of unbranched alkanes of at least 4 members (excludes halogenated alkanes) is 4. The Morgan fingerprint density at radius 2 is 0.750 bits per heavy atom. The Kier molecular flexibility index (Phi) is 13.0. The highest BCUT2D eigenvalue weighted by Gasteiger charge is 2.56. The summed E-state index contributed by atoms with van der Waals surface area (Å²) in [7, 11) is -13.8. The second-order valence-corrected chi connectivity index (χ2v) is 26.5. The molecule has 0 unspecified atom stereocenters. The van der Waals surface area contributed by atoms with E-state index in [0.29, 0.717) is 0 Å². The van der Waals surface area contributed by atoms with Crippen molar-refractivity contribution in [2.45, 2.75) is 103 Å². The van der Waals surface area contributed by atoms with Crippen molar-refractivity contribution in [1.82, 2.24) is 0 Å². The maximum atomic E-state index is 12.1. The largest absolute Gasteiger partial charge is 0.286 e. The molecule has 10 heteroatoms. The van der Waals surface area contributed by atoms with E-state index in [1.54, 1.807) is 0 Å². The van der Waals surface area contributed by atoms with Crippen molar-refractivity contribution in [3.05, 3.63) is 0 Å². The van der Waals surface area contributed by atoms with E-state index in [0.717, 1.165) is 75.5 Å². The fraction of sp³-hybridized carbons (Fsp3) is 1.00. The summed E-state index contributed by atoms with van der Waals surface area (Å²) in [5.74, 6) is 0. The Morgan fingerprint density at radius 3 is 0.893 bits per heavy atom.